The van der Waals surface area contributed by atoms with Crippen LogP contribution in [0.5, 0.6) is 0 Å². The summed E-state index contributed by atoms with van der Waals surface area (Å²) in [6.07, 6.45) is 2.11. The maximum Gasteiger partial charge on any atom is 0.339 e. The average molecular weight is 394 g/mol. The number of carbonyl (C=O) groups excluding carboxylic acids is 2. The Morgan fingerprint density at radius 2 is 1.55 bits per heavy atom. The van der Waals surface area contributed by atoms with E-state index in [1.165, 1.54) is 0 Å². The molecule has 2 aromatic rings. The van der Waals surface area contributed by atoms with E-state index in [4.69, 9.17) is 4.74 Å². The van der Waals surface area contributed by atoms with Gasteiger partial charge in [0.15, 0.2) is 6.10 Å². The van der Waals surface area contributed by atoms with Crippen LogP contribution >= 0.6 is 0 Å². The van der Waals surface area contributed by atoms with Crippen LogP contribution in [0.3, 0.4) is 0 Å². The molecule has 5 atom stereocenters. The summed E-state index contributed by atoms with van der Waals surface area (Å²) in [5.41, 5.74) is 1.30. The SMILES string of the molecule is C[N+]1(CC(=O)c2ccccc2)[C@@H]2CC[C@H]1CC(OC(=O)[C@H](O)c1ccccc1)C2. The number of esters is 1. The van der Waals surface area contributed by atoms with Gasteiger partial charge >= 0.3 is 5.97 Å². The van der Waals surface area contributed by atoms with Crippen molar-refractivity contribution in [3.8, 4) is 0 Å². The first-order valence-corrected chi connectivity index (χ1v) is 10.3. The molecule has 152 valence electrons. The molecule has 5 heteroatoms. The average Bonchev–Trinajstić information content (AvgIpc) is 2.91. The standard InChI is InChI=1S/C24H28NO4/c1-25(16-22(26)17-8-4-2-5-9-17)19-12-13-20(25)15-21(14-19)29-24(28)23(27)18-10-6-3-7-11-18/h2-11,19-21,23,27H,12-16H2,1H3/q+1/t19-,20+,21?,23-,25?/m1/s1. The van der Waals surface area contributed by atoms with Gasteiger partial charge in [-0.05, 0) is 5.56 Å². The zero-order valence-electron chi connectivity index (χ0n) is 16.7. The number of nitrogens with zero attached hydrogens (tertiary/aromatic N) is 1. The lowest BCUT2D eigenvalue weighted by molar-refractivity contribution is -0.941. The summed E-state index contributed by atoms with van der Waals surface area (Å²) in [5, 5.41) is 10.3. The van der Waals surface area contributed by atoms with Gasteiger partial charge < -0.3 is 14.3 Å². The number of fused-ring (bicyclic) bond motifs is 2. The summed E-state index contributed by atoms with van der Waals surface area (Å²) in [7, 11) is 2.17. The number of aliphatic hydroxyl groups excluding tert-OH is 1. The number of rotatable bonds is 6. The van der Waals surface area contributed by atoms with Crippen molar-refractivity contribution < 1.29 is 23.9 Å². The van der Waals surface area contributed by atoms with E-state index in [-0.39, 0.29) is 11.9 Å². The number of ketones is 1. The van der Waals surface area contributed by atoms with Crippen molar-refractivity contribution in [3.63, 3.8) is 0 Å². The zero-order valence-corrected chi connectivity index (χ0v) is 16.7. The minimum Gasteiger partial charge on any atom is -0.460 e. The highest BCUT2D eigenvalue weighted by Crippen LogP contribution is 2.42. The second kappa shape index (κ2) is 8.09. The maximum absolute atomic E-state index is 12.8. The first kappa shape index (κ1) is 19.8. The quantitative estimate of drug-likeness (QED) is 0.464. The van der Waals surface area contributed by atoms with Crippen LogP contribution in [0.4, 0.5) is 0 Å². The summed E-state index contributed by atoms with van der Waals surface area (Å²) in [6, 6.07) is 18.9. The molecular formula is C24H28NO4+. The Bertz CT molecular complexity index is 853. The Labute approximate surface area is 171 Å². The van der Waals surface area contributed by atoms with Gasteiger partial charge in [-0.15, -0.1) is 0 Å². The number of aliphatic hydroxyl groups is 1. The Morgan fingerprint density at radius 3 is 2.14 bits per heavy atom. The number of piperidine rings is 1. The first-order chi connectivity index (χ1) is 14.0. The van der Waals surface area contributed by atoms with E-state index in [1.807, 2.05) is 36.4 Å². The summed E-state index contributed by atoms with van der Waals surface area (Å²) < 4.78 is 6.41. The molecule has 2 aliphatic heterocycles. The molecule has 0 aliphatic carbocycles. The Hall–Kier alpha value is -2.50. The van der Waals surface area contributed by atoms with Gasteiger partial charge in [0.2, 0.25) is 5.78 Å². The number of carbonyl (C=O) groups is 2. The molecule has 5 nitrogen and oxygen atoms in total. The lowest BCUT2D eigenvalue weighted by atomic mass is 9.95. The molecule has 0 spiro atoms. The third-order valence-corrected chi connectivity index (χ3v) is 6.77. The van der Waals surface area contributed by atoms with Gasteiger partial charge in [-0.3, -0.25) is 4.79 Å². The molecule has 2 aliphatic rings. The number of hydrogen-bond acceptors (Lipinski definition) is 4. The molecule has 2 fully saturated rings. The van der Waals surface area contributed by atoms with Crippen molar-refractivity contribution in [1.29, 1.82) is 0 Å². The normalized spacial score (nSPS) is 29.2. The predicted octanol–water partition coefficient (Wildman–Crippen LogP) is 3.29. The summed E-state index contributed by atoms with van der Waals surface area (Å²) >= 11 is 0. The maximum atomic E-state index is 12.8. The predicted molar refractivity (Wildman–Crippen MR) is 109 cm³/mol. The van der Waals surface area contributed by atoms with Gasteiger partial charge in [-0.2, -0.15) is 0 Å². The van der Waals surface area contributed by atoms with Crippen molar-refractivity contribution in [3.05, 3.63) is 71.8 Å². The van der Waals surface area contributed by atoms with Gasteiger partial charge in [-0.1, -0.05) is 60.7 Å². The highest BCUT2D eigenvalue weighted by atomic mass is 16.6. The number of hydrogen-bond donors (Lipinski definition) is 1. The van der Waals surface area contributed by atoms with Crippen LogP contribution < -0.4 is 0 Å². The van der Waals surface area contributed by atoms with E-state index in [2.05, 4.69) is 7.05 Å². The number of Topliss-reactive ketones (excluding diaryl/α,β-unsaturated/α-hetero) is 1. The number of likely N-dealkylation sites (N-methyl/N-ethyl adjacent to an activating group) is 1. The molecule has 1 N–H and O–H groups in total. The number of quaternary nitrogens is 1. The third kappa shape index (κ3) is 3.98. The van der Waals surface area contributed by atoms with E-state index < -0.39 is 12.1 Å². The largest absolute Gasteiger partial charge is 0.460 e. The topological polar surface area (TPSA) is 63.6 Å². The van der Waals surface area contributed by atoms with Crippen LogP contribution in [0.15, 0.2) is 60.7 Å². The highest BCUT2D eigenvalue weighted by Gasteiger charge is 2.53. The Morgan fingerprint density at radius 1 is 1.00 bits per heavy atom. The molecule has 29 heavy (non-hydrogen) atoms. The van der Waals surface area contributed by atoms with Gasteiger partial charge in [0, 0.05) is 31.2 Å². The van der Waals surface area contributed by atoms with Crippen LogP contribution in [0, 0.1) is 0 Å². The first-order valence-electron chi connectivity index (χ1n) is 10.3. The Kier molecular flexibility index (Phi) is 5.52. The molecule has 2 saturated heterocycles. The monoisotopic (exact) mass is 394 g/mol. The molecule has 2 aromatic carbocycles. The summed E-state index contributed by atoms with van der Waals surface area (Å²) in [6.45, 7) is 0.479. The molecule has 2 bridgehead atoms. The second-order valence-electron chi connectivity index (χ2n) is 8.52. The van der Waals surface area contributed by atoms with E-state index in [9.17, 15) is 14.7 Å². The van der Waals surface area contributed by atoms with Gasteiger partial charge in [-0.25, -0.2) is 4.79 Å². The van der Waals surface area contributed by atoms with Crippen molar-refractivity contribution >= 4 is 11.8 Å². The minimum absolute atomic E-state index is 0.167. The van der Waals surface area contributed by atoms with E-state index in [0.29, 0.717) is 24.2 Å². The van der Waals surface area contributed by atoms with Gasteiger partial charge in [0.1, 0.15) is 12.6 Å². The molecule has 0 aromatic heterocycles. The van der Waals surface area contributed by atoms with Crippen molar-refractivity contribution in [2.45, 2.75) is 50.0 Å². The minimum atomic E-state index is -1.25. The van der Waals surface area contributed by atoms with E-state index in [1.54, 1.807) is 24.3 Å². The van der Waals surface area contributed by atoms with Gasteiger partial charge in [0.25, 0.3) is 0 Å². The lowest BCUT2D eigenvalue weighted by Crippen LogP contribution is -2.60. The molecule has 2 unspecified atom stereocenters. The molecule has 0 saturated carbocycles. The van der Waals surface area contributed by atoms with Crippen molar-refractivity contribution in [1.82, 2.24) is 0 Å². The fourth-order valence-corrected chi connectivity index (χ4v) is 5.07. The molecular weight excluding hydrogens is 366 g/mol. The van der Waals surface area contributed by atoms with Crippen LogP contribution in [0.2, 0.25) is 0 Å². The summed E-state index contributed by atoms with van der Waals surface area (Å²) in [4.78, 5) is 25.2. The van der Waals surface area contributed by atoms with Crippen molar-refractivity contribution in [2.75, 3.05) is 13.6 Å². The van der Waals surface area contributed by atoms with E-state index in [0.717, 1.165) is 35.7 Å². The van der Waals surface area contributed by atoms with Crippen LogP contribution in [-0.4, -0.2) is 53.1 Å². The smallest absolute Gasteiger partial charge is 0.339 e. The second-order valence-corrected chi connectivity index (χ2v) is 8.52. The van der Waals surface area contributed by atoms with Crippen LogP contribution in [0.25, 0.3) is 0 Å². The number of benzene rings is 2. The number of ether oxygens (including phenoxy) is 1. The zero-order chi connectivity index (χ0) is 20.4. The van der Waals surface area contributed by atoms with Crippen LogP contribution in [0.1, 0.15) is 47.7 Å². The highest BCUT2D eigenvalue weighted by molar-refractivity contribution is 5.97. The molecule has 0 radical (unpaired) electrons. The molecule has 0 amide bonds. The molecule has 4 rings (SSSR count). The fraction of sp³-hybridized carbons (Fsp3) is 0.417. The Balaban J connectivity index is 1.40. The molecule has 2 heterocycles. The van der Waals surface area contributed by atoms with E-state index >= 15 is 0 Å². The summed E-state index contributed by atoms with van der Waals surface area (Å²) in [5.74, 6) is -0.419. The van der Waals surface area contributed by atoms with Crippen molar-refractivity contribution in [2.24, 2.45) is 0 Å². The third-order valence-electron chi connectivity index (χ3n) is 6.77. The van der Waals surface area contributed by atoms with Gasteiger partial charge in [0.05, 0.1) is 19.1 Å². The lowest BCUT2D eigenvalue weighted by Gasteiger charge is -2.46. The fourth-order valence-electron chi connectivity index (χ4n) is 5.07. The van der Waals surface area contributed by atoms with Crippen LogP contribution in [-0.2, 0) is 9.53 Å².